The van der Waals surface area contributed by atoms with Crippen LogP contribution < -0.4 is 0 Å². The maximum absolute atomic E-state index is 11.9. The summed E-state index contributed by atoms with van der Waals surface area (Å²) < 4.78 is 5.30. The number of carbonyl (C=O) groups excluding carboxylic acids is 1. The summed E-state index contributed by atoms with van der Waals surface area (Å²) >= 11 is 0. The summed E-state index contributed by atoms with van der Waals surface area (Å²) in [4.78, 5) is 14.6. The van der Waals surface area contributed by atoms with Gasteiger partial charge in [0.25, 0.3) is 0 Å². The molecule has 0 amide bonds. The van der Waals surface area contributed by atoms with Gasteiger partial charge in [-0.3, -0.25) is 4.79 Å². The minimum atomic E-state index is -0.857. The Morgan fingerprint density at radius 1 is 1.33 bits per heavy atom. The Kier molecular flexibility index (Phi) is 4.20. The van der Waals surface area contributed by atoms with E-state index in [1.54, 1.807) is 12.1 Å². The van der Waals surface area contributed by atoms with Crippen LogP contribution in [0.3, 0.4) is 0 Å². The highest BCUT2D eigenvalue weighted by Crippen LogP contribution is 2.28. The number of esters is 1. The zero-order valence-electron chi connectivity index (χ0n) is 10.0. The van der Waals surface area contributed by atoms with Crippen LogP contribution in [-0.4, -0.2) is 5.97 Å². The first-order chi connectivity index (χ1) is 8.81. The largest absolute Gasteiger partial charge is 0.451 e. The van der Waals surface area contributed by atoms with E-state index in [-0.39, 0.29) is 11.9 Å². The first-order valence-electron chi connectivity index (χ1n) is 6.11. The van der Waals surface area contributed by atoms with Crippen molar-refractivity contribution in [1.29, 1.82) is 0 Å². The maximum Gasteiger partial charge on any atom is 0.309 e. The molecule has 1 aliphatic rings. The van der Waals surface area contributed by atoms with Gasteiger partial charge >= 0.3 is 5.97 Å². The van der Waals surface area contributed by atoms with Crippen molar-refractivity contribution in [3.05, 3.63) is 46.3 Å². The third-order valence-corrected chi connectivity index (χ3v) is 3.16. The summed E-state index contributed by atoms with van der Waals surface area (Å²) in [5.41, 5.74) is 9.24. The molecule has 1 aromatic rings. The maximum atomic E-state index is 11.9. The van der Waals surface area contributed by atoms with Crippen molar-refractivity contribution in [3.63, 3.8) is 0 Å². The van der Waals surface area contributed by atoms with Crippen LogP contribution in [0, 0.1) is 5.92 Å². The summed E-state index contributed by atoms with van der Waals surface area (Å²) in [6, 6.07) is 9.05. The molecule has 5 nitrogen and oxygen atoms in total. The molecule has 94 valence electrons. The molecule has 18 heavy (non-hydrogen) atoms. The van der Waals surface area contributed by atoms with Gasteiger partial charge in [0.1, 0.15) is 0 Å². The number of nitrogens with zero attached hydrogens (tertiary/aromatic N) is 3. The molecular formula is C13H15N3O2. The molecule has 0 aliphatic heterocycles. The highest BCUT2D eigenvalue weighted by molar-refractivity contribution is 5.73. The molecule has 0 radical (unpaired) electrons. The van der Waals surface area contributed by atoms with Crippen molar-refractivity contribution < 1.29 is 9.53 Å². The van der Waals surface area contributed by atoms with Gasteiger partial charge in [0.05, 0.1) is 5.92 Å². The van der Waals surface area contributed by atoms with Gasteiger partial charge in [-0.15, -0.1) is 0 Å². The minimum Gasteiger partial charge on any atom is -0.451 e. The third-order valence-electron chi connectivity index (χ3n) is 3.16. The molecule has 0 bridgehead atoms. The van der Waals surface area contributed by atoms with Crippen LogP contribution in [-0.2, 0) is 9.53 Å². The molecule has 0 saturated heterocycles. The predicted molar refractivity (Wildman–Crippen MR) is 66.4 cm³/mol. The Labute approximate surface area is 105 Å². The average Bonchev–Trinajstić information content (AvgIpc) is 2.93. The van der Waals surface area contributed by atoms with Gasteiger partial charge in [0.15, 0.2) is 0 Å². The second-order valence-electron chi connectivity index (χ2n) is 4.39. The van der Waals surface area contributed by atoms with Gasteiger partial charge in [-0.1, -0.05) is 43.2 Å². The molecule has 1 saturated carbocycles. The van der Waals surface area contributed by atoms with E-state index in [9.17, 15) is 4.79 Å². The van der Waals surface area contributed by atoms with Crippen molar-refractivity contribution >= 4 is 5.97 Å². The number of ether oxygens (including phenoxy) is 1. The van der Waals surface area contributed by atoms with E-state index in [1.807, 2.05) is 18.2 Å². The van der Waals surface area contributed by atoms with Crippen molar-refractivity contribution in [2.45, 2.75) is 31.9 Å². The lowest BCUT2D eigenvalue weighted by Gasteiger charge is -2.15. The lowest BCUT2D eigenvalue weighted by Crippen LogP contribution is -2.17. The van der Waals surface area contributed by atoms with Gasteiger partial charge in [-0.05, 0) is 29.1 Å². The molecule has 5 heteroatoms. The van der Waals surface area contributed by atoms with E-state index in [4.69, 9.17) is 10.3 Å². The fourth-order valence-electron chi connectivity index (χ4n) is 2.19. The van der Waals surface area contributed by atoms with Crippen LogP contribution in [0.4, 0.5) is 0 Å². The summed E-state index contributed by atoms with van der Waals surface area (Å²) in [5.74, 6) is -0.293. The summed E-state index contributed by atoms with van der Waals surface area (Å²) in [7, 11) is 0. The quantitative estimate of drug-likeness (QED) is 0.351. The first kappa shape index (κ1) is 12.5. The minimum absolute atomic E-state index is 0.0369. The molecule has 0 heterocycles. The van der Waals surface area contributed by atoms with Crippen molar-refractivity contribution in [2.24, 2.45) is 11.0 Å². The number of hydrogen-bond acceptors (Lipinski definition) is 3. The van der Waals surface area contributed by atoms with E-state index in [1.165, 1.54) is 0 Å². The second kappa shape index (κ2) is 6.07. The van der Waals surface area contributed by atoms with Crippen LogP contribution in [0.15, 0.2) is 35.4 Å². The Balaban J connectivity index is 2.07. The van der Waals surface area contributed by atoms with Crippen molar-refractivity contribution in [3.8, 4) is 0 Å². The molecule has 1 aliphatic carbocycles. The highest BCUT2D eigenvalue weighted by atomic mass is 16.6. The molecular weight excluding hydrogens is 230 g/mol. The lowest BCUT2D eigenvalue weighted by molar-refractivity contribution is -0.154. The molecule has 1 atom stereocenters. The smallest absolute Gasteiger partial charge is 0.309 e. The Bertz CT molecular complexity index is 449. The van der Waals surface area contributed by atoms with Crippen LogP contribution >= 0.6 is 0 Å². The molecule has 0 aromatic heterocycles. The topological polar surface area (TPSA) is 75.1 Å². The molecule has 0 unspecified atom stereocenters. The summed E-state index contributed by atoms with van der Waals surface area (Å²) in [5, 5.41) is 3.54. The van der Waals surface area contributed by atoms with Gasteiger partial charge in [0.2, 0.25) is 6.23 Å². The van der Waals surface area contributed by atoms with Crippen LogP contribution in [0.25, 0.3) is 10.4 Å². The van der Waals surface area contributed by atoms with Crippen LogP contribution in [0.1, 0.15) is 37.5 Å². The predicted octanol–water partition coefficient (Wildman–Crippen LogP) is 3.73. The SMILES string of the molecule is [N-]=[N+]=N[C@@H](OC(=O)C1CCCC1)c1ccccc1. The normalized spacial score (nSPS) is 16.9. The van der Waals surface area contributed by atoms with E-state index in [2.05, 4.69) is 10.0 Å². The fourth-order valence-corrected chi connectivity index (χ4v) is 2.19. The van der Waals surface area contributed by atoms with E-state index >= 15 is 0 Å². The molecule has 1 fully saturated rings. The van der Waals surface area contributed by atoms with Crippen LogP contribution in [0.5, 0.6) is 0 Å². The Morgan fingerprint density at radius 3 is 2.61 bits per heavy atom. The summed E-state index contributed by atoms with van der Waals surface area (Å²) in [6.07, 6.45) is 3.02. The van der Waals surface area contributed by atoms with Gasteiger partial charge in [-0.2, -0.15) is 0 Å². The van der Waals surface area contributed by atoms with Crippen molar-refractivity contribution in [1.82, 2.24) is 0 Å². The highest BCUT2D eigenvalue weighted by Gasteiger charge is 2.26. The Hall–Kier alpha value is -2.00. The standard InChI is InChI=1S/C13H15N3O2/c14-16-15-12(10-6-2-1-3-7-10)18-13(17)11-8-4-5-9-11/h1-3,6-7,11-12H,4-5,8-9H2/t12-/m0/s1. The lowest BCUT2D eigenvalue weighted by atomic mass is 10.1. The van der Waals surface area contributed by atoms with Gasteiger partial charge < -0.3 is 4.74 Å². The van der Waals surface area contributed by atoms with E-state index in [0.29, 0.717) is 5.56 Å². The van der Waals surface area contributed by atoms with Crippen LogP contribution in [0.2, 0.25) is 0 Å². The number of hydrogen-bond donors (Lipinski definition) is 0. The first-order valence-corrected chi connectivity index (χ1v) is 6.11. The average molecular weight is 245 g/mol. The molecule has 0 N–H and O–H groups in total. The van der Waals surface area contributed by atoms with E-state index < -0.39 is 6.23 Å². The van der Waals surface area contributed by atoms with E-state index in [0.717, 1.165) is 25.7 Å². The molecule has 2 rings (SSSR count). The number of carbonyl (C=O) groups is 1. The second-order valence-corrected chi connectivity index (χ2v) is 4.39. The monoisotopic (exact) mass is 245 g/mol. The number of azide groups is 1. The van der Waals surface area contributed by atoms with Crippen molar-refractivity contribution in [2.75, 3.05) is 0 Å². The fraction of sp³-hybridized carbons (Fsp3) is 0.462. The van der Waals surface area contributed by atoms with Gasteiger partial charge in [-0.25, -0.2) is 0 Å². The molecule has 0 spiro atoms. The number of rotatable bonds is 4. The number of benzene rings is 1. The zero-order chi connectivity index (χ0) is 12.8. The Morgan fingerprint density at radius 2 is 2.00 bits per heavy atom. The summed E-state index contributed by atoms with van der Waals surface area (Å²) in [6.45, 7) is 0. The third kappa shape index (κ3) is 3.02. The van der Waals surface area contributed by atoms with Gasteiger partial charge in [0, 0.05) is 4.91 Å². The zero-order valence-corrected chi connectivity index (χ0v) is 10.0. The molecule has 1 aromatic carbocycles.